The highest BCUT2D eigenvalue weighted by molar-refractivity contribution is 8.14. The lowest BCUT2D eigenvalue weighted by molar-refractivity contribution is -0.107. The molecule has 0 saturated heterocycles. The van der Waals surface area contributed by atoms with Gasteiger partial charge in [0.15, 0.2) is 0 Å². The number of hydrogen-bond donors (Lipinski definition) is 0. The highest BCUT2D eigenvalue weighted by Gasteiger charge is 2.05. The molecule has 4 aromatic carbocycles. The molecule has 0 amide bonds. The third kappa shape index (κ3) is 5.84. The molecular formula is C30H22O2S2. The molecule has 0 spiro atoms. The second-order valence-corrected chi connectivity index (χ2v) is 9.61. The van der Waals surface area contributed by atoms with Crippen LogP contribution in [-0.4, -0.2) is 10.2 Å². The largest absolute Gasteiger partial charge is 0.282 e. The van der Waals surface area contributed by atoms with Gasteiger partial charge in [0.2, 0.25) is 10.2 Å². The average molecular weight is 479 g/mol. The molecule has 0 atom stereocenters. The number of carbonyl (C=O) groups excluding carboxylic acids is 2. The van der Waals surface area contributed by atoms with Gasteiger partial charge in [0.25, 0.3) is 0 Å². The van der Waals surface area contributed by atoms with Gasteiger partial charge in [-0.25, -0.2) is 0 Å². The normalized spacial score (nSPS) is 10.5. The lowest BCUT2D eigenvalue weighted by atomic mass is 9.98. The van der Waals surface area contributed by atoms with Crippen LogP contribution in [0.3, 0.4) is 0 Å². The molecule has 0 aliphatic carbocycles. The van der Waals surface area contributed by atoms with Gasteiger partial charge in [-0.3, -0.25) is 9.59 Å². The van der Waals surface area contributed by atoms with Crippen LogP contribution in [0.25, 0.3) is 33.4 Å². The second-order valence-electron chi connectivity index (χ2n) is 7.45. The zero-order chi connectivity index (χ0) is 23.9. The van der Waals surface area contributed by atoms with E-state index in [1.807, 2.05) is 48.5 Å². The van der Waals surface area contributed by atoms with Crippen LogP contribution < -0.4 is 0 Å². The Morgan fingerprint density at radius 1 is 0.441 bits per heavy atom. The number of thioether (sulfide) groups is 2. The van der Waals surface area contributed by atoms with Gasteiger partial charge in [-0.15, -0.1) is 0 Å². The molecule has 0 radical (unpaired) electrons. The molecule has 0 N–H and O–H groups in total. The number of hydrogen-bond acceptors (Lipinski definition) is 4. The quantitative estimate of drug-likeness (QED) is 0.198. The average Bonchev–Trinajstić information content (AvgIpc) is 2.89. The Hall–Kier alpha value is -3.60. The maximum Gasteiger partial charge on any atom is 0.216 e. The Kier molecular flexibility index (Phi) is 7.63. The SMILES string of the molecule is C=CC(=O)Sc1ccc(-c2ccc(-c3ccc(-c4ccc(SC(=O)C=C)cc4)cc3)cc2)cc1. The fraction of sp³-hybridized carbons (Fsp3) is 0. The van der Waals surface area contributed by atoms with E-state index >= 15 is 0 Å². The van der Waals surface area contributed by atoms with E-state index in [-0.39, 0.29) is 10.2 Å². The minimum atomic E-state index is -0.0563. The summed E-state index contributed by atoms with van der Waals surface area (Å²) < 4.78 is 0. The van der Waals surface area contributed by atoms with E-state index < -0.39 is 0 Å². The summed E-state index contributed by atoms with van der Waals surface area (Å²) in [4.78, 5) is 24.8. The van der Waals surface area contributed by atoms with Crippen LogP contribution in [0.2, 0.25) is 0 Å². The fourth-order valence-electron chi connectivity index (χ4n) is 3.46. The third-order valence-electron chi connectivity index (χ3n) is 5.25. The minimum Gasteiger partial charge on any atom is -0.282 e. The Morgan fingerprint density at radius 3 is 0.853 bits per heavy atom. The second kappa shape index (κ2) is 11.0. The van der Waals surface area contributed by atoms with Crippen molar-refractivity contribution in [2.24, 2.45) is 0 Å². The number of carbonyl (C=O) groups is 2. The van der Waals surface area contributed by atoms with Crippen LogP contribution in [0, 0.1) is 0 Å². The molecule has 0 fully saturated rings. The van der Waals surface area contributed by atoms with E-state index in [9.17, 15) is 9.59 Å². The predicted molar refractivity (Wildman–Crippen MR) is 145 cm³/mol. The Balaban J connectivity index is 1.45. The van der Waals surface area contributed by atoms with E-state index in [4.69, 9.17) is 0 Å². The molecule has 0 heterocycles. The zero-order valence-electron chi connectivity index (χ0n) is 18.4. The number of benzene rings is 4. The predicted octanol–water partition coefficient (Wildman–Crippen LogP) is 8.30. The summed E-state index contributed by atoms with van der Waals surface area (Å²) >= 11 is 2.35. The molecule has 0 aromatic heterocycles. The van der Waals surface area contributed by atoms with Crippen LogP contribution >= 0.6 is 23.5 Å². The highest BCUT2D eigenvalue weighted by Crippen LogP contribution is 2.30. The number of rotatable bonds is 7. The summed E-state index contributed by atoms with van der Waals surface area (Å²) in [7, 11) is 0. The molecule has 4 rings (SSSR count). The van der Waals surface area contributed by atoms with Crippen molar-refractivity contribution >= 4 is 33.8 Å². The van der Waals surface area contributed by atoms with Gasteiger partial charge in [0.1, 0.15) is 0 Å². The molecule has 166 valence electrons. The first-order valence-corrected chi connectivity index (χ1v) is 12.3. The highest BCUT2D eigenvalue weighted by atomic mass is 32.2. The maximum absolute atomic E-state index is 11.5. The first-order valence-electron chi connectivity index (χ1n) is 10.7. The van der Waals surface area contributed by atoms with E-state index in [2.05, 4.69) is 61.7 Å². The Bertz CT molecular complexity index is 1210. The third-order valence-corrected chi connectivity index (χ3v) is 7.00. The molecule has 34 heavy (non-hydrogen) atoms. The van der Waals surface area contributed by atoms with Crippen LogP contribution in [-0.2, 0) is 9.59 Å². The van der Waals surface area contributed by atoms with E-state index in [1.165, 1.54) is 35.7 Å². The van der Waals surface area contributed by atoms with Gasteiger partial charge in [-0.2, -0.15) is 0 Å². The Labute approximate surface area is 208 Å². The van der Waals surface area contributed by atoms with Gasteiger partial charge >= 0.3 is 0 Å². The lowest BCUT2D eigenvalue weighted by Crippen LogP contribution is -1.85. The van der Waals surface area contributed by atoms with E-state index in [0.29, 0.717) is 0 Å². The fourth-order valence-corrected chi connectivity index (χ4v) is 4.63. The molecule has 4 aromatic rings. The van der Waals surface area contributed by atoms with Crippen LogP contribution in [0.4, 0.5) is 0 Å². The summed E-state index contributed by atoms with van der Waals surface area (Å²) in [6.45, 7) is 7.01. The van der Waals surface area contributed by atoms with Crippen molar-refractivity contribution in [1.82, 2.24) is 0 Å². The summed E-state index contributed by atoms with van der Waals surface area (Å²) in [6, 6.07) is 32.9. The smallest absolute Gasteiger partial charge is 0.216 e. The molecule has 0 bridgehead atoms. The van der Waals surface area contributed by atoms with Crippen molar-refractivity contribution in [1.29, 1.82) is 0 Å². The summed E-state index contributed by atoms with van der Waals surface area (Å²) in [5, 5.41) is -0.113. The monoisotopic (exact) mass is 478 g/mol. The lowest BCUT2D eigenvalue weighted by Gasteiger charge is -2.08. The minimum absolute atomic E-state index is 0.0563. The standard InChI is InChI=1S/C30H22O2S2/c1-3-29(31)33-27-17-13-25(14-18-27)23-9-5-21(6-10-23)22-7-11-24(12-8-22)26-15-19-28(20-16-26)34-30(32)4-2/h3-20H,1-2H2. The zero-order valence-corrected chi connectivity index (χ0v) is 20.1. The molecule has 0 unspecified atom stereocenters. The summed E-state index contributed by atoms with van der Waals surface area (Å²) in [6.07, 6.45) is 2.65. The van der Waals surface area contributed by atoms with Crippen LogP contribution in [0.5, 0.6) is 0 Å². The maximum atomic E-state index is 11.5. The van der Waals surface area contributed by atoms with Crippen molar-refractivity contribution in [3.05, 3.63) is 122 Å². The van der Waals surface area contributed by atoms with Crippen molar-refractivity contribution in [2.45, 2.75) is 9.79 Å². The Morgan fingerprint density at radius 2 is 0.647 bits per heavy atom. The first kappa shape index (κ1) is 23.6. The van der Waals surface area contributed by atoms with Crippen molar-refractivity contribution in [3.8, 4) is 33.4 Å². The van der Waals surface area contributed by atoms with Crippen LogP contribution in [0.15, 0.2) is 132 Å². The van der Waals surface area contributed by atoms with Gasteiger partial charge < -0.3 is 0 Å². The topological polar surface area (TPSA) is 34.1 Å². The van der Waals surface area contributed by atoms with Gasteiger partial charge in [0, 0.05) is 9.79 Å². The molecule has 0 aliphatic heterocycles. The van der Waals surface area contributed by atoms with Crippen LogP contribution in [0.1, 0.15) is 0 Å². The molecular weight excluding hydrogens is 456 g/mol. The first-order chi connectivity index (χ1) is 16.6. The molecule has 0 aliphatic rings. The molecule has 4 heteroatoms. The molecule has 2 nitrogen and oxygen atoms in total. The summed E-state index contributed by atoms with van der Waals surface area (Å²) in [5.74, 6) is 0. The van der Waals surface area contributed by atoms with Crippen molar-refractivity contribution in [2.75, 3.05) is 0 Å². The molecule has 0 saturated carbocycles. The van der Waals surface area contributed by atoms with Crippen molar-refractivity contribution in [3.63, 3.8) is 0 Å². The van der Waals surface area contributed by atoms with Gasteiger partial charge in [-0.05, 0) is 93.3 Å². The van der Waals surface area contributed by atoms with E-state index in [0.717, 1.165) is 43.2 Å². The van der Waals surface area contributed by atoms with Gasteiger partial charge in [-0.1, -0.05) is 86.0 Å². The summed E-state index contributed by atoms with van der Waals surface area (Å²) in [5.41, 5.74) is 6.75. The van der Waals surface area contributed by atoms with Gasteiger partial charge in [0.05, 0.1) is 0 Å². The van der Waals surface area contributed by atoms with E-state index in [1.54, 1.807) is 0 Å². The van der Waals surface area contributed by atoms with Crippen molar-refractivity contribution < 1.29 is 9.59 Å².